The van der Waals surface area contributed by atoms with Crippen LogP contribution in [0.5, 0.6) is 0 Å². The molecule has 118 valence electrons. The number of aliphatic hydroxyl groups is 1. The van der Waals surface area contributed by atoms with E-state index in [0.717, 1.165) is 0 Å². The molecule has 0 aliphatic rings. The number of alkyl carbamates (subject to hydrolysis) is 1. The van der Waals surface area contributed by atoms with Gasteiger partial charge in [-0.3, -0.25) is 4.79 Å². The number of hydrogen-bond acceptors (Lipinski definition) is 4. The third kappa shape index (κ3) is 8.74. The maximum atomic E-state index is 11.9. The number of carbonyl (C=O) groups is 2. The van der Waals surface area contributed by atoms with Crippen molar-refractivity contribution < 1.29 is 19.4 Å². The van der Waals surface area contributed by atoms with Crippen molar-refractivity contribution in [1.82, 2.24) is 10.6 Å². The lowest BCUT2D eigenvalue weighted by Crippen LogP contribution is -2.49. The van der Waals surface area contributed by atoms with Gasteiger partial charge < -0.3 is 20.5 Å². The Kier molecular flexibility index (Phi) is 8.96. The lowest BCUT2D eigenvalue weighted by molar-refractivity contribution is -0.123. The quantitative estimate of drug-likeness (QED) is 0.628. The van der Waals surface area contributed by atoms with Gasteiger partial charge in [-0.1, -0.05) is 27.7 Å². The summed E-state index contributed by atoms with van der Waals surface area (Å²) in [4.78, 5) is 23.3. The van der Waals surface area contributed by atoms with Gasteiger partial charge in [-0.2, -0.15) is 0 Å². The molecule has 0 aliphatic carbocycles. The third-order valence-corrected chi connectivity index (χ3v) is 2.60. The van der Waals surface area contributed by atoms with Crippen LogP contribution < -0.4 is 10.6 Å². The molecule has 0 aromatic carbocycles. The smallest absolute Gasteiger partial charge is 0.407 e. The minimum absolute atomic E-state index is 0.117. The summed E-state index contributed by atoms with van der Waals surface area (Å²) in [6.07, 6.45) is 0.0815. The van der Waals surface area contributed by atoms with Crippen LogP contribution in [0.1, 0.15) is 41.0 Å². The van der Waals surface area contributed by atoms with E-state index in [4.69, 9.17) is 4.74 Å². The maximum absolute atomic E-state index is 11.9. The van der Waals surface area contributed by atoms with E-state index < -0.39 is 12.1 Å². The van der Waals surface area contributed by atoms with Crippen LogP contribution in [0.15, 0.2) is 0 Å². The van der Waals surface area contributed by atoms with Crippen LogP contribution in [0.3, 0.4) is 0 Å². The van der Waals surface area contributed by atoms with Gasteiger partial charge in [-0.05, 0) is 25.2 Å². The third-order valence-electron chi connectivity index (χ3n) is 2.60. The minimum atomic E-state index is -0.698. The molecule has 0 spiro atoms. The van der Waals surface area contributed by atoms with Crippen molar-refractivity contribution >= 4 is 12.0 Å². The van der Waals surface area contributed by atoms with Crippen LogP contribution in [0.2, 0.25) is 0 Å². The molecule has 2 atom stereocenters. The van der Waals surface area contributed by atoms with Crippen molar-refractivity contribution in [3.63, 3.8) is 0 Å². The number of rotatable bonds is 8. The van der Waals surface area contributed by atoms with Crippen molar-refractivity contribution in [3.8, 4) is 0 Å². The minimum Gasteiger partial charge on any atom is -0.449 e. The van der Waals surface area contributed by atoms with E-state index in [-0.39, 0.29) is 24.5 Å². The molecular weight excluding hydrogens is 260 g/mol. The topological polar surface area (TPSA) is 87.7 Å². The summed E-state index contributed by atoms with van der Waals surface area (Å²) < 4.78 is 4.94. The molecule has 20 heavy (non-hydrogen) atoms. The predicted molar refractivity (Wildman–Crippen MR) is 77.3 cm³/mol. The van der Waals surface area contributed by atoms with E-state index >= 15 is 0 Å². The van der Waals surface area contributed by atoms with E-state index in [1.165, 1.54) is 0 Å². The summed E-state index contributed by atoms with van der Waals surface area (Å²) in [6.45, 7) is 9.67. The Bertz CT molecular complexity index is 306. The molecule has 0 bridgehead atoms. The van der Waals surface area contributed by atoms with E-state index in [0.29, 0.717) is 18.9 Å². The molecule has 2 amide bonds. The number of ether oxygens (including phenoxy) is 1. The summed E-state index contributed by atoms with van der Waals surface area (Å²) in [5.41, 5.74) is 0. The Morgan fingerprint density at radius 3 is 2.10 bits per heavy atom. The SMILES string of the molecule is CC(C)COC(=O)N[C@@H](C)C(=O)N[C@H](CO)CC(C)C. The summed E-state index contributed by atoms with van der Waals surface area (Å²) in [7, 11) is 0. The molecule has 6 heteroatoms. The van der Waals surface area contributed by atoms with Gasteiger partial charge in [0, 0.05) is 0 Å². The molecule has 0 saturated heterocycles. The monoisotopic (exact) mass is 288 g/mol. The van der Waals surface area contributed by atoms with Crippen LogP contribution in [-0.2, 0) is 9.53 Å². The van der Waals surface area contributed by atoms with Crippen molar-refractivity contribution in [2.75, 3.05) is 13.2 Å². The molecular formula is C14H28N2O4. The molecule has 0 aromatic heterocycles. The Labute approximate surface area is 121 Å². The van der Waals surface area contributed by atoms with Crippen molar-refractivity contribution in [2.24, 2.45) is 11.8 Å². The normalized spacial score (nSPS) is 14.0. The van der Waals surface area contributed by atoms with Crippen LogP contribution in [0.4, 0.5) is 4.79 Å². The van der Waals surface area contributed by atoms with Crippen LogP contribution in [0.25, 0.3) is 0 Å². The second kappa shape index (κ2) is 9.58. The van der Waals surface area contributed by atoms with E-state index in [1.807, 2.05) is 27.7 Å². The first-order chi connectivity index (χ1) is 9.26. The molecule has 0 heterocycles. The van der Waals surface area contributed by atoms with Gasteiger partial charge in [0.25, 0.3) is 0 Å². The van der Waals surface area contributed by atoms with E-state index in [2.05, 4.69) is 10.6 Å². The van der Waals surface area contributed by atoms with Gasteiger partial charge >= 0.3 is 6.09 Å². The van der Waals surface area contributed by atoms with Crippen LogP contribution >= 0.6 is 0 Å². The molecule has 0 saturated carbocycles. The second-order valence-electron chi connectivity index (χ2n) is 5.88. The summed E-state index contributed by atoms with van der Waals surface area (Å²) in [5, 5.41) is 14.4. The zero-order valence-corrected chi connectivity index (χ0v) is 13.1. The van der Waals surface area contributed by atoms with Crippen molar-refractivity contribution in [2.45, 2.75) is 53.1 Å². The first-order valence-corrected chi connectivity index (χ1v) is 7.10. The molecule has 0 aliphatic heterocycles. The fourth-order valence-electron chi connectivity index (χ4n) is 1.60. The fraction of sp³-hybridized carbons (Fsp3) is 0.857. The number of aliphatic hydroxyl groups excluding tert-OH is 1. The Morgan fingerprint density at radius 1 is 1.05 bits per heavy atom. The highest BCUT2D eigenvalue weighted by molar-refractivity contribution is 5.85. The highest BCUT2D eigenvalue weighted by Gasteiger charge is 2.20. The number of nitrogens with one attached hydrogen (secondary N) is 2. The fourth-order valence-corrected chi connectivity index (χ4v) is 1.60. The Morgan fingerprint density at radius 2 is 1.65 bits per heavy atom. The van der Waals surface area contributed by atoms with Crippen LogP contribution in [-0.4, -0.2) is 42.4 Å². The standard InChI is InChI=1S/C14H28N2O4/c1-9(2)6-12(7-17)16-13(18)11(5)15-14(19)20-8-10(3)4/h9-12,17H,6-8H2,1-5H3,(H,15,19)(H,16,18)/t11-,12-/m0/s1. The van der Waals surface area contributed by atoms with Gasteiger partial charge in [0.15, 0.2) is 0 Å². The molecule has 0 rings (SSSR count). The molecule has 0 aromatic rings. The lowest BCUT2D eigenvalue weighted by Gasteiger charge is -2.21. The van der Waals surface area contributed by atoms with Gasteiger partial charge in [0.2, 0.25) is 5.91 Å². The zero-order valence-electron chi connectivity index (χ0n) is 13.1. The van der Waals surface area contributed by atoms with Crippen molar-refractivity contribution in [3.05, 3.63) is 0 Å². The molecule has 3 N–H and O–H groups in total. The zero-order chi connectivity index (χ0) is 15.7. The van der Waals surface area contributed by atoms with Crippen LogP contribution in [0, 0.1) is 11.8 Å². The Hall–Kier alpha value is -1.30. The summed E-state index contributed by atoms with van der Waals surface area (Å²) in [5.74, 6) is 0.285. The largest absolute Gasteiger partial charge is 0.449 e. The average molecular weight is 288 g/mol. The lowest BCUT2D eigenvalue weighted by atomic mass is 10.0. The van der Waals surface area contributed by atoms with Gasteiger partial charge in [0.1, 0.15) is 6.04 Å². The van der Waals surface area contributed by atoms with E-state index in [9.17, 15) is 14.7 Å². The molecule has 6 nitrogen and oxygen atoms in total. The number of carbonyl (C=O) groups excluding carboxylic acids is 2. The highest BCUT2D eigenvalue weighted by Crippen LogP contribution is 2.04. The number of amides is 2. The first kappa shape index (κ1) is 18.7. The van der Waals surface area contributed by atoms with Gasteiger partial charge in [0.05, 0.1) is 19.3 Å². The highest BCUT2D eigenvalue weighted by atomic mass is 16.5. The molecule has 0 fully saturated rings. The molecule has 0 unspecified atom stereocenters. The van der Waals surface area contributed by atoms with Gasteiger partial charge in [-0.15, -0.1) is 0 Å². The predicted octanol–water partition coefficient (Wildman–Crippen LogP) is 1.28. The summed E-state index contributed by atoms with van der Waals surface area (Å²) >= 11 is 0. The molecule has 0 radical (unpaired) electrons. The van der Waals surface area contributed by atoms with E-state index in [1.54, 1.807) is 6.92 Å². The summed E-state index contributed by atoms with van der Waals surface area (Å²) in [6, 6.07) is -0.991. The van der Waals surface area contributed by atoms with Gasteiger partial charge in [-0.25, -0.2) is 4.79 Å². The van der Waals surface area contributed by atoms with Crippen molar-refractivity contribution in [1.29, 1.82) is 0 Å². The number of hydrogen-bond donors (Lipinski definition) is 3. The average Bonchev–Trinajstić information content (AvgIpc) is 2.34. The first-order valence-electron chi connectivity index (χ1n) is 7.10. The maximum Gasteiger partial charge on any atom is 0.407 e. The Balaban J connectivity index is 4.16. The second-order valence-corrected chi connectivity index (χ2v) is 5.88.